The molecule has 0 aromatic rings. The van der Waals surface area contributed by atoms with Crippen LogP contribution in [0.4, 0.5) is 0 Å². The molecular weight excluding hydrogens is 200 g/mol. The third-order valence-electron chi connectivity index (χ3n) is 3.90. The van der Waals surface area contributed by atoms with Crippen LogP contribution in [0.15, 0.2) is 0 Å². The summed E-state index contributed by atoms with van der Waals surface area (Å²) in [6, 6.07) is 0. The Morgan fingerprint density at radius 3 is 2.62 bits per heavy atom. The van der Waals surface area contributed by atoms with Crippen molar-refractivity contribution in [3.8, 4) is 0 Å². The molecule has 94 valence electrons. The Morgan fingerprint density at radius 2 is 2.12 bits per heavy atom. The first kappa shape index (κ1) is 13.5. The van der Waals surface area contributed by atoms with Gasteiger partial charge in [0.05, 0.1) is 0 Å². The third-order valence-corrected chi connectivity index (χ3v) is 3.90. The topological polar surface area (TPSA) is 46.3 Å². The molecule has 1 saturated carbocycles. The molecule has 0 bridgehead atoms. The Morgan fingerprint density at radius 1 is 1.44 bits per heavy atom. The monoisotopic (exact) mass is 226 g/mol. The molecule has 0 aromatic carbocycles. The van der Waals surface area contributed by atoms with Crippen molar-refractivity contribution in [1.82, 2.24) is 4.90 Å². The van der Waals surface area contributed by atoms with Crippen molar-refractivity contribution in [3.05, 3.63) is 0 Å². The summed E-state index contributed by atoms with van der Waals surface area (Å²) in [4.78, 5) is 14.3. The van der Waals surface area contributed by atoms with Gasteiger partial charge >= 0.3 is 0 Å². The van der Waals surface area contributed by atoms with Crippen molar-refractivity contribution in [2.24, 2.45) is 17.1 Å². The minimum absolute atomic E-state index is 0.164. The second-order valence-corrected chi connectivity index (χ2v) is 5.49. The summed E-state index contributed by atoms with van der Waals surface area (Å²) in [5.74, 6) is 0.519. The van der Waals surface area contributed by atoms with Crippen molar-refractivity contribution >= 4 is 5.91 Å². The zero-order chi connectivity index (χ0) is 12.2. The number of carbonyl (C=O) groups excluding carboxylic acids is 1. The van der Waals surface area contributed by atoms with Crippen LogP contribution < -0.4 is 5.73 Å². The molecule has 1 aliphatic rings. The van der Waals surface area contributed by atoms with Gasteiger partial charge in [0.2, 0.25) is 5.91 Å². The summed E-state index contributed by atoms with van der Waals surface area (Å²) in [5.41, 5.74) is 5.71. The molecule has 0 aliphatic heterocycles. The number of amides is 1. The molecule has 0 radical (unpaired) electrons. The highest BCUT2D eigenvalue weighted by Crippen LogP contribution is 2.41. The summed E-state index contributed by atoms with van der Waals surface area (Å²) >= 11 is 0. The van der Waals surface area contributed by atoms with E-state index >= 15 is 0 Å². The first-order valence-corrected chi connectivity index (χ1v) is 6.51. The zero-order valence-corrected chi connectivity index (χ0v) is 11.0. The van der Waals surface area contributed by atoms with Gasteiger partial charge in [0.15, 0.2) is 0 Å². The lowest BCUT2D eigenvalue weighted by molar-refractivity contribution is -0.140. The van der Waals surface area contributed by atoms with E-state index in [0.717, 1.165) is 13.0 Å². The fourth-order valence-electron chi connectivity index (χ4n) is 2.75. The number of nitrogens with two attached hydrogens (primary N) is 1. The maximum Gasteiger partial charge on any atom is 0.226 e. The maximum atomic E-state index is 12.4. The molecule has 0 saturated heterocycles. The maximum absolute atomic E-state index is 12.4. The third kappa shape index (κ3) is 2.97. The van der Waals surface area contributed by atoms with Crippen LogP contribution in [-0.4, -0.2) is 30.4 Å². The van der Waals surface area contributed by atoms with Gasteiger partial charge in [0, 0.05) is 25.6 Å². The predicted molar refractivity (Wildman–Crippen MR) is 67.0 cm³/mol. The van der Waals surface area contributed by atoms with Crippen molar-refractivity contribution in [3.63, 3.8) is 0 Å². The van der Waals surface area contributed by atoms with Gasteiger partial charge in [-0.15, -0.1) is 0 Å². The molecule has 1 amide bonds. The first-order chi connectivity index (χ1) is 7.53. The Bertz CT molecular complexity index is 238. The summed E-state index contributed by atoms with van der Waals surface area (Å²) < 4.78 is 0. The van der Waals surface area contributed by atoms with Gasteiger partial charge in [-0.1, -0.05) is 26.7 Å². The molecule has 16 heavy (non-hydrogen) atoms. The van der Waals surface area contributed by atoms with Crippen molar-refractivity contribution in [2.45, 2.75) is 46.5 Å². The smallest absolute Gasteiger partial charge is 0.226 e. The van der Waals surface area contributed by atoms with E-state index in [1.165, 1.54) is 19.3 Å². The molecule has 1 fully saturated rings. The molecule has 1 unspecified atom stereocenters. The van der Waals surface area contributed by atoms with Gasteiger partial charge in [-0.3, -0.25) is 4.79 Å². The Hall–Kier alpha value is -0.570. The van der Waals surface area contributed by atoms with Crippen molar-refractivity contribution in [1.29, 1.82) is 0 Å². The molecule has 0 heterocycles. The van der Waals surface area contributed by atoms with Crippen LogP contribution in [0.5, 0.6) is 0 Å². The number of nitrogens with zero attached hydrogens (tertiary/aromatic N) is 1. The normalized spacial score (nSPS) is 24.1. The summed E-state index contributed by atoms with van der Waals surface area (Å²) in [6.45, 7) is 8.52. The highest BCUT2D eigenvalue weighted by Gasteiger charge is 2.38. The van der Waals surface area contributed by atoms with Gasteiger partial charge in [-0.05, 0) is 25.2 Å². The van der Waals surface area contributed by atoms with E-state index < -0.39 is 0 Å². The number of hydrogen-bond acceptors (Lipinski definition) is 2. The standard InChI is InChI=1S/C13H26N2O/c1-4-15(10-9-14)12(16)11-7-5-6-8-13(11,2)3/h11H,4-10,14H2,1-3H3. The lowest BCUT2D eigenvalue weighted by Crippen LogP contribution is -2.45. The number of hydrogen-bond donors (Lipinski definition) is 1. The van der Waals surface area contributed by atoms with Gasteiger partial charge in [-0.25, -0.2) is 0 Å². The summed E-state index contributed by atoms with van der Waals surface area (Å²) in [7, 11) is 0. The van der Waals surface area contributed by atoms with Gasteiger partial charge in [0.1, 0.15) is 0 Å². The van der Waals surface area contributed by atoms with Crippen LogP contribution >= 0.6 is 0 Å². The largest absolute Gasteiger partial charge is 0.341 e. The fraction of sp³-hybridized carbons (Fsp3) is 0.923. The van der Waals surface area contributed by atoms with Crippen molar-refractivity contribution in [2.75, 3.05) is 19.6 Å². The quantitative estimate of drug-likeness (QED) is 0.797. The SMILES string of the molecule is CCN(CCN)C(=O)C1CCCCC1(C)C. The lowest BCUT2D eigenvalue weighted by Gasteiger charge is -2.40. The lowest BCUT2D eigenvalue weighted by atomic mass is 9.68. The second-order valence-electron chi connectivity index (χ2n) is 5.49. The summed E-state index contributed by atoms with van der Waals surface area (Å²) in [6.07, 6.45) is 4.68. The molecule has 0 aromatic heterocycles. The number of likely N-dealkylation sites (N-methyl/N-ethyl adjacent to an activating group) is 1. The Kier molecular flexibility index (Phi) is 4.78. The molecular formula is C13H26N2O. The Balaban J connectivity index is 2.70. The van der Waals surface area contributed by atoms with Crippen LogP contribution in [0, 0.1) is 11.3 Å². The first-order valence-electron chi connectivity index (χ1n) is 6.51. The molecule has 3 heteroatoms. The summed E-state index contributed by atoms with van der Waals surface area (Å²) in [5, 5.41) is 0. The number of carbonyl (C=O) groups is 1. The van der Waals surface area contributed by atoms with Crippen LogP contribution in [0.1, 0.15) is 46.5 Å². The fourth-order valence-corrected chi connectivity index (χ4v) is 2.75. The van der Waals surface area contributed by atoms with Crippen LogP contribution in [0.3, 0.4) is 0 Å². The molecule has 1 aliphatic carbocycles. The molecule has 1 rings (SSSR count). The van der Waals surface area contributed by atoms with E-state index in [0.29, 0.717) is 19.0 Å². The predicted octanol–water partition coefficient (Wildman–Crippen LogP) is 2.01. The van der Waals surface area contributed by atoms with E-state index in [1.54, 1.807) is 0 Å². The highest BCUT2D eigenvalue weighted by molar-refractivity contribution is 5.79. The zero-order valence-electron chi connectivity index (χ0n) is 11.0. The van der Waals surface area contributed by atoms with Gasteiger partial charge in [0.25, 0.3) is 0 Å². The van der Waals surface area contributed by atoms with E-state index in [9.17, 15) is 4.79 Å². The minimum atomic E-state index is 0.164. The van der Waals surface area contributed by atoms with E-state index in [1.807, 2.05) is 11.8 Å². The van der Waals surface area contributed by atoms with E-state index in [2.05, 4.69) is 13.8 Å². The molecule has 0 spiro atoms. The Labute approximate surface area is 99.4 Å². The average molecular weight is 226 g/mol. The molecule has 2 N–H and O–H groups in total. The molecule has 3 nitrogen and oxygen atoms in total. The minimum Gasteiger partial charge on any atom is -0.341 e. The highest BCUT2D eigenvalue weighted by atomic mass is 16.2. The van der Waals surface area contributed by atoms with Crippen LogP contribution in [0.2, 0.25) is 0 Å². The van der Waals surface area contributed by atoms with E-state index in [-0.39, 0.29) is 11.3 Å². The van der Waals surface area contributed by atoms with Crippen molar-refractivity contribution < 1.29 is 4.79 Å². The van der Waals surface area contributed by atoms with E-state index in [4.69, 9.17) is 5.73 Å². The van der Waals surface area contributed by atoms with Crippen LogP contribution in [-0.2, 0) is 4.79 Å². The average Bonchev–Trinajstić information content (AvgIpc) is 2.24. The van der Waals surface area contributed by atoms with Crippen LogP contribution in [0.25, 0.3) is 0 Å². The molecule has 1 atom stereocenters. The second kappa shape index (κ2) is 5.67. The number of rotatable bonds is 4. The van der Waals surface area contributed by atoms with Gasteiger partial charge < -0.3 is 10.6 Å². The van der Waals surface area contributed by atoms with Gasteiger partial charge in [-0.2, -0.15) is 0 Å².